The summed E-state index contributed by atoms with van der Waals surface area (Å²) in [6, 6.07) is 65.2. The molecule has 0 aliphatic heterocycles. The average molecular weight is 614 g/mol. The van der Waals surface area contributed by atoms with E-state index in [1.165, 1.54) is 11.1 Å². The predicted molar refractivity (Wildman–Crippen MR) is 198 cm³/mol. The van der Waals surface area contributed by atoms with E-state index in [0.29, 0.717) is 17.5 Å². The summed E-state index contributed by atoms with van der Waals surface area (Å²) in [6.45, 7) is 0. The van der Waals surface area contributed by atoms with Crippen LogP contribution in [0.4, 0.5) is 0 Å². The molecule has 0 amide bonds. The maximum absolute atomic E-state index is 5.15. The van der Waals surface area contributed by atoms with E-state index in [1.54, 1.807) is 0 Å². The molecule has 1 aromatic heterocycles. The maximum Gasteiger partial charge on any atom is 0.164 e. The van der Waals surface area contributed by atoms with Crippen LogP contribution in [0.3, 0.4) is 0 Å². The molecule has 48 heavy (non-hydrogen) atoms. The molecule has 0 radical (unpaired) electrons. The van der Waals surface area contributed by atoms with Gasteiger partial charge >= 0.3 is 0 Å². The van der Waals surface area contributed by atoms with Gasteiger partial charge in [-0.15, -0.1) is 0 Å². The summed E-state index contributed by atoms with van der Waals surface area (Å²) in [6.07, 6.45) is 0. The highest BCUT2D eigenvalue weighted by Gasteiger charge is 2.18. The Bertz CT molecular complexity index is 2310. The van der Waals surface area contributed by atoms with Crippen LogP contribution in [-0.2, 0) is 0 Å². The van der Waals surface area contributed by atoms with Crippen LogP contribution in [0.5, 0.6) is 0 Å². The fourth-order valence-electron chi connectivity index (χ4n) is 6.17. The van der Waals surface area contributed by atoms with E-state index in [9.17, 15) is 0 Å². The lowest BCUT2D eigenvalue weighted by Gasteiger charge is -2.15. The Balaban J connectivity index is 1.26. The Morgan fingerprint density at radius 2 is 0.583 bits per heavy atom. The van der Waals surface area contributed by atoms with Crippen LogP contribution in [0.15, 0.2) is 188 Å². The molecule has 0 fully saturated rings. The summed E-state index contributed by atoms with van der Waals surface area (Å²) in [5, 5.41) is 0. The standard InChI is InChI=1S/C45H31N3/c1-4-15-32(16-5-1)34-27-29-35(30-28-34)39-23-10-11-24-40(39)41-25-12-13-26-42(41)45-47-43(36-19-8-3-9-20-36)46-44(48-45)38-22-14-21-37(31-38)33-17-6-2-7-18-33/h1-31H. The second-order valence-electron chi connectivity index (χ2n) is 11.7. The molecule has 0 saturated heterocycles. The van der Waals surface area contributed by atoms with Gasteiger partial charge in [-0.3, -0.25) is 0 Å². The quantitative estimate of drug-likeness (QED) is 0.179. The summed E-state index contributed by atoms with van der Waals surface area (Å²) >= 11 is 0. The summed E-state index contributed by atoms with van der Waals surface area (Å²) in [5.41, 5.74) is 12.0. The summed E-state index contributed by atoms with van der Waals surface area (Å²) in [5.74, 6) is 1.91. The van der Waals surface area contributed by atoms with Crippen molar-refractivity contribution in [3.63, 3.8) is 0 Å². The van der Waals surface area contributed by atoms with E-state index in [4.69, 9.17) is 15.0 Å². The first-order valence-electron chi connectivity index (χ1n) is 16.1. The summed E-state index contributed by atoms with van der Waals surface area (Å²) in [7, 11) is 0. The number of hydrogen-bond donors (Lipinski definition) is 0. The van der Waals surface area contributed by atoms with Gasteiger partial charge in [0.1, 0.15) is 0 Å². The van der Waals surface area contributed by atoms with Crippen molar-refractivity contribution in [1.82, 2.24) is 15.0 Å². The van der Waals surface area contributed by atoms with Gasteiger partial charge in [-0.05, 0) is 50.6 Å². The van der Waals surface area contributed by atoms with Crippen molar-refractivity contribution < 1.29 is 0 Å². The Kier molecular flexibility index (Phi) is 7.92. The molecular formula is C45H31N3. The van der Waals surface area contributed by atoms with Gasteiger partial charge < -0.3 is 0 Å². The molecule has 8 aromatic rings. The molecule has 1 heterocycles. The molecular weight excluding hydrogens is 583 g/mol. The van der Waals surface area contributed by atoms with Gasteiger partial charge in [0.05, 0.1) is 0 Å². The molecule has 3 nitrogen and oxygen atoms in total. The van der Waals surface area contributed by atoms with Crippen molar-refractivity contribution in [1.29, 1.82) is 0 Å². The largest absolute Gasteiger partial charge is 0.208 e. The van der Waals surface area contributed by atoms with Gasteiger partial charge in [-0.1, -0.05) is 182 Å². The van der Waals surface area contributed by atoms with Crippen LogP contribution in [0, 0.1) is 0 Å². The SMILES string of the molecule is c1ccc(-c2ccc(-c3ccccc3-c3ccccc3-c3nc(-c4ccccc4)nc(-c4cccc(-c5ccccc5)c4)n3)cc2)cc1. The van der Waals surface area contributed by atoms with Gasteiger partial charge in [0.2, 0.25) is 0 Å². The highest BCUT2D eigenvalue weighted by molar-refractivity contribution is 5.91. The topological polar surface area (TPSA) is 38.7 Å². The zero-order chi connectivity index (χ0) is 32.1. The highest BCUT2D eigenvalue weighted by Crippen LogP contribution is 2.38. The Morgan fingerprint density at radius 1 is 0.208 bits per heavy atom. The third-order valence-electron chi connectivity index (χ3n) is 8.58. The van der Waals surface area contributed by atoms with Crippen LogP contribution in [0.25, 0.3) is 78.7 Å². The Hall–Kier alpha value is -6.45. The normalized spacial score (nSPS) is 10.9. The second kappa shape index (κ2) is 13.1. The minimum atomic E-state index is 0.633. The van der Waals surface area contributed by atoms with Crippen molar-refractivity contribution in [3.8, 4) is 78.7 Å². The summed E-state index contributed by atoms with van der Waals surface area (Å²) in [4.78, 5) is 15.2. The average Bonchev–Trinajstić information content (AvgIpc) is 3.19. The van der Waals surface area contributed by atoms with E-state index in [-0.39, 0.29) is 0 Å². The third kappa shape index (κ3) is 5.93. The van der Waals surface area contributed by atoms with Crippen molar-refractivity contribution in [2.45, 2.75) is 0 Å². The Morgan fingerprint density at radius 3 is 1.21 bits per heavy atom. The molecule has 7 aromatic carbocycles. The van der Waals surface area contributed by atoms with E-state index in [2.05, 4.69) is 146 Å². The van der Waals surface area contributed by atoms with Crippen LogP contribution in [-0.4, -0.2) is 15.0 Å². The zero-order valence-corrected chi connectivity index (χ0v) is 26.2. The minimum Gasteiger partial charge on any atom is -0.208 e. The molecule has 0 bridgehead atoms. The van der Waals surface area contributed by atoms with E-state index in [1.807, 2.05) is 42.5 Å². The van der Waals surface area contributed by atoms with Gasteiger partial charge in [-0.25, -0.2) is 15.0 Å². The van der Waals surface area contributed by atoms with E-state index < -0.39 is 0 Å². The highest BCUT2D eigenvalue weighted by atomic mass is 15.0. The minimum absolute atomic E-state index is 0.633. The predicted octanol–water partition coefficient (Wildman–Crippen LogP) is 11.5. The lowest BCUT2D eigenvalue weighted by atomic mass is 9.91. The summed E-state index contributed by atoms with van der Waals surface area (Å²) < 4.78 is 0. The van der Waals surface area contributed by atoms with Crippen molar-refractivity contribution in [2.75, 3.05) is 0 Å². The van der Waals surface area contributed by atoms with Gasteiger partial charge in [0, 0.05) is 16.7 Å². The molecule has 0 spiro atoms. The smallest absolute Gasteiger partial charge is 0.164 e. The Labute approximate surface area is 280 Å². The van der Waals surface area contributed by atoms with E-state index >= 15 is 0 Å². The van der Waals surface area contributed by atoms with E-state index in [0.717, 1.165) is 50.1 Å². The van der Waals surface area contributed by atoms with Crippen LogP contribution in [0.2, 0.25) is 0 Å². The first-order valence-corrected chi connectivity index (χ1v) is 16.1. The second-order valence-corrected chi connectivity index (χ2v) is 11.7. The van der Waals surface area contributed by atoms with Crippen LogP contribution < -0.4 is 0 Å². The van der Waals surface area contributed by atoms with Crippen LogP contribution >= 0.6 is 0 Å². The van der Waals surface area contributed by atoms with Crippen molar-refractivity contribution in [3.05, 3.63) is 188 Å². The van der Waals surface area contributed by atoms with Crippen LogP contribution in [0.1, 0.15) is 0 Å². The first-order chi connectivity index (χ1) is 23.8. The third-order valence-corrected chi connectivity index (χ3v) is 8.58. The molecule has 3 heteroatoms. The number of aromatic nitrogens is 3. The van der Waals surface area contributed by atoms with Gasteiger partial charge in [-0.2, -0.15) is 0 Å². The molecule has 0 saturated carbocycles. The fraction of sp³-hybridized carbons (Fsp3) is 0. The molecule has 0 unspecified atom stereocenters. The van der Waals surface area contributed by atoms with Crippen molar-refractivity contribution >= 4 is 0 Å². The fourth-order valence-corrected chi connectivity index (χ4v) is 6.17. The molecule has 0 aliphatic rings. The number of nitrogens with zero attached hydrogens (tertiary/aromatic N) is 3. The first kappa shape index (κ1) is 29.0. The lowest BCUT2D eigenvalue weighted by molar-refractivity contribution is 1.07. The molecule has 0 aliphatic carbocycles. The number of hydrogen-bond acceptors (Lipinski definition) is 3. The maximum atomic E-state index is 5.15. The van der Waals surface area contributed by atoms with Gasteiger partial charge in [0.25, 0.3) is 0 Å². The van der Waals surface area contributed by atoms with Gasteiger partial charge in [0.15, 0.2) is 17.5 Å². The molecule has 0 atom stereocenters. The monoisotopic (exact) mass is 613 g/mol. The molecule has 8 rings (SSSR count). The number of rotatable bonds is 7. The molecule has 226 valence electrons. The molecule has 0 N–H and O–H groups in total. The zero-order valence-electron chi connectivity index (χ0n) is 26.2. The number of benzene rings is 7. The van der Waals surface area contributed by atoms with Crippen molar-refractivity contribution in [2.24, 2.45) is 0 Å². The lowest BCUT2D eigenvalue weighted by Crippen LogP contribution is -2.01.